The first-order valence-electron chi connectivity index (χ1n) is 3.66. The van der Waals surface area contributed by atoms with E-state index in [9.17, 15) is 9.59 Å². The maximum Gasteiger partial charge on any atom is 0.249 e. The SMILES string of the molecule is CC(=O)c1ccc(O)cc1C(N)=O. The predicted molar refractivity (Wildman–Crippen MR) is 46.6 cm³/mol. The summed E-state index contributed by atoms with van der Waals surface area (Å²) in [5.74, 6) is -1.06. The van der Waals surface area contributed by atoms with E-state index in [0.29, 0.717) is 0 Å². The van der Waals surface area contributed by atoms with Crippen LogP contribution in [0.5, 0.6) is 5.75 Å². The van der Waals surface area contributed by atoms with Crippen LogP contribution in [0.1, 0.15) is 27.6 Å². The Morgan fingerprint density at radius 2 is 1.92 bits per heavy atom. The quantitative estimate of drug-likeness (QED) is 0.655. The molecule has 0 aromatic heterocycles. The number of Topliss-reactive ketones (excluding diaryl/α,β-unsaturated/α-hetero) is 1. The Bertz CT molecular complexity index is 371. The van der Waals surface area contributed by atoms with Crippen molar-refractivity contribution in [2.45, 2.75) is 6.92 Å². The van der Waals surface area contributed by atoms with E-state index in [4.69, 9.17) is 10.8 Å². The van der Waals surface area contributed by atoms with Crippen molar-refractivity contribution in [3.63, 3.8) is 0 Å². The van der Waals surface area contributed by atoms with Gasteiger partial charge in [0.1, 0.15) is 5.75 Å². The second-order valence-electron chi connectivity index (χ2n) is 2.65. The summed E-state index contributed by atoms with van der Waals surface area (Å²) in [6.45, 7) is 1.33. The minimum atomic E-state index is -0.721. The van der Waals surface area contributed by atoms with E-state index in [1.54, 1.807) is 0 Å². The first kappa shape index (κ1) is 9.25. The normalized spacial score (nSPS) is 9.62. The minimum absolute atomic E-state index is 0.0486. The zero-order valence-electron chi connectivity index (χ0n) is 7.07. The van der Waals surface area contributed by atoms with Crippen LogP contribution >= 0.6 is 0 Å². The molecular formula is C9H9NO3. The summed E-state index contributed by atoms with van der Waals surface area (Å²) in [5.41, 5.74) is 5.29. The number of rotatable bonds is 2. The number of hydrogen-bond acceptors (Lipinski definition) is 3. The highest BCUT2D eigenvalue weighted by Gasteiger charge is 2.11. The number of nitrogens with two attached hydrogens (primary N) is 1. The van der Waals surface area contributed by atoms with Gasteiger partial charge in [-0.2, -0.15) is 0 Å². The van der Waals surface area contributed by atoms with Crippen molar-refractivity contribution in [3.8, 4) is 5.75 Å². The summed E-state index contributed by atoms with van der Waals surface area (Å²) in [4.78, 5) is 21.8. The molecule has 1 amide bonds. The van der Waals surface area contributed by atoms with Crippen LogP contribution in [-0.2, 0) is 0 Å². The number of amides is 1. The highest BCUT2D eigenvalue weighted by Crippen LogP contribution is 2.16. The molecule has 4 nitrogen and oxygen atoms in total. The number of carbonyl (C=O) groups is 2. The predicted octanol–water partition coefficient (Wildman–Crippen LogP) is 0.694. The number of primary amides is 1. The number of aromatic hydroxyl groups is 1. The molecule has 0 atom stereocenters. The molecule has 1 rings (SSSR count). The molecule has 68 valence electrons. The largest absolute Gasteiger partial charge is 0.508 e. The molecule has 0 aliphatic rings. The fourth-order valence-corrected chi connectivity index (χ4v) is 1.04. The molecule has 1 aromatic carbocycles. The fourth-order valence-electron chi connectivity index (χ4n) is 1.04. The minimum Gasteiger partial charge on any atom is -0.508 e. The highest BCUT2D eigenvalue weighted by molar-refractivity contribution is 6.06. The Morgan fingerprint density at radius 3 is 2.38 bits per heavy atom. The smallest absolute Gasteiger partial charge is 0.249 e. The van der Waals surface area contributed by atoms with Gasteiger partial charge in [0.25, 0.3) is 0 Å². The Balaban J connectivity index is 3.35. The Hall–Kier alpha value is -1.84. The van der Waals surface area contributed by atoms with Crippen molar-refractivity contribution >= 4 is 11.7 Å². The third kappa shape index (κ3) is 1.84. The number of benzene rings is 1. The first-order valence-corrected chi connectivity index (χ1v) is 3.66. The summed E-state index contributed by atoms with van der Waals surface area (Å²) < 4.78 is 0. The van der Waals surface area contributed by atoms with E-state index in [1.807, 2.05) is 0 Å². The van der Waals surface area contributed by atoms with Gasteiger partial charge in [0.2, 0.25) is 5.91 Å². The topological polar surface area (TPSA) is 80.4 Å². The van der Waals surface area contributed by atoms with Crippen LogP contribution in [0.2, 0.25) is 0 Å². The molecule has 4 heteroatoms. The summed E-state index contributed by atoms with van der Waals surface area (Å²) in [6.07, 6.45) is 0. The summed E-state index contributed by atoms with van der Waals surface area (Å²) in [5, 5.41) is 9.05. The van der Waals surface area contributed by atoms with E-state index in [0.717, 1.165) is 0 Å². The van der Waals surface area contributed by atoms with E-state index >= 15 is 0 Å². The van der Waals surface area contributed by atoms with Gasteiger partial charge in [-0.15, -0.1) is 0 Å². The first-order chi connectivity index (χ1) is 6.02. The van der Waals surface area contributed by atoms with Gasteiger partial charge < -0.3 is 10.8 Å². The standard InChI is InChI=1S/C9H9NO3/c1-5(11)7-3-2-6(12)4-8(7)9(10)13/h2-4,12H,1H3,(H2,10,13). The zero-order valence-corrected chi connectivity index (χ0v) is 7.07. The molecule has 0 unspecified atom stereocenters. The third-order valence-corrected chi connectivity index (χ3v) is 1.65. The van der Waals surface area contributed by atoms with E-state index in [1.165, 1.54) is 25.1 Å². The fraction of sp³-hybridized carbons (Fsp3) is 0.111. The molecule has 13 heavy (non-hydrogen) atoms. The van der Waals surface area contributed by atoms with Gasteiger partial charge in [0, 0.05) is 5.56 Å². The molecule has 3 N–H and O–H groups in total. The van der Waals surface area contributed by atoms with Crippen LogP contribution in [0.4, 0.5) is 0 Å². The van der Waals surface area contributed by atoms with Crippen LogP contribution in [-0.4, -0.2) is 16.8 Å². The van der Waals surface area contributed by atoms with Crippen LogP contribution < -0.4 is 5.73 Å². The van der Waals surface area contributed by atoms with Gasteiger partial charge in [-0.05, 0) is 25.1 Å². The van der Waals surface area contributed by atoms with Crippen molar-refractivity contribution in [3.05, 3.63) is 29.3 Å². The van der Waals surface area contributed by atoms with Gasteiger partial charge in [0.15, 0.2) is 5.78 Å². The van der Waals surface area contributed by atoms with Crippen LogP contribution in [0.3, 0.4) is 0 Å². The Labute approximate surface area is 75.0 Å². The van der Waals surface area contributed by atoms with Crippen LogP contribution in [0.15, 0.2) is 18.2 Å². The zero-order chi connectivity index (χ0) is 10.0. The molecule has 0 aliphatic heterocycles. The molecule has 0 saturated heterocycles. The molecule has 0 saturated carbocycles. The Morgan fingerprint density at radius 1 is 1.31 bits per heavy atom. The monoisotopic (exact) mass is 179 g/mol. The number of carbonyl (C=O) groups excluding carboxylic acids is 2. The van der Waals surface area contributed by atoms with Crippen LogP contribution in [0.25, 0.3) is 0 Å². The lowest BCUT2D eigenvalue weighted by molar-refractivity contribution is 0.0973. The van der Waals surface area contributed by atoms with Gasteiger partial charge in [0.05, 0.1) is 5.56 Å². The summed E-state index contributed by atoms with van der Waals surface area (Å²) in [7, 11) is 0. The molecule has 0 aliphatic carbocycles. The number of hydrogen-bond donors (Lipinski definition) is 2. The number of ketones is 1. The molecule has 1 aromatic rings. The second-order valence-corrected chi connectivity index (χ2v) is 2.65. The lowest BCUT2D eigenvalue weighted by Gasteiger charge is -2.02. The van der Waals surface area contributed by atoms with Crippen LogP contribution in [0, 0.1) is 0 Å². The van der Waals surface area contributed by atoms with E-state index in [-0.39, 0.29) is 22.7 Å². The average Bonchev–Trinajstić information content (AvgIpc) is 2.03. The van der Waals surface area contributed by atoms with Gasteiger partial charge in [-0.25, -0.2) is 0 Å². The van der Waals surface area contributed by atoms with Gasteiger partial charge in [-0.1, -0.05) is 0 Å². The van der Waals surface area contributed by atoms with Crippen molar-refractivity contribution in [1.82, 2.24) is 0 Å². The van der Waals surface area contributed by atoms with Crippen molar-refractivity contribution < 1.29 is 14.7 Å². The summed E-state index contributed by atoms with van der Waals surface area (Å²) in [6, 6.07) is 3.89. The Kier molecular flexibility index (Phi) is 2.32. The molecule has 0 radical (unpaired) electrons. The maximum absolute atomic E-state index is 11.0. The molecule has 0 spiro atoms. The van der Waals surface area contributed by atoms with Crippen molar-refractivity contribution in [1.29, 1.82) is 0 Å². The molecule has 0 fully saturated rings. The van der Waals surface area contributed by atoms with Crippen molar-refractivity contribution in [2.24, 2.45) is 5.73 Å². The van der Waals surface area contributed by atoms with E-state index in [2.05, 4.69) is 0 Å². The van der Waals surface area contributed by atoms with Gasteiger partial charge in [-0.3, -0.25) is 9.59 Å². The third-order valence-electron chi connectivity index (χ3n) is 1.65. The molecule has 0 heterocycles. The van der Waals surface area contributed by atoms with Gasteiger partial charge >= 0.3 is 0 Å². The lowest BCUT2D eigenvalue weighted by Crippen LogP contribution is -2.15. The number of phenols is 1. The lowest BCUT2D eigenvalue weighted by atomic mass is 10.0. The molecule has 0 bridgehead atoms. The highest BCUT2D eigenvalue weighted by atomic mass is 16.3. The number of phenolic OH excluding ortho intramolecular Hbond substituents is 1. The average molecular weight is 179 g/mol. The molecular weight excluding hydrogens is 170 g/mol. The maximum atomic E-state index is 11.0. The summed E-state index contributed by atoms with van der Waals surface area (Å²) >= 11 is 0. The van der Waals surface area contributed by atoms with E-state index < -0.39 is 5.91 Å². The van der Waals surface area contributed by atoms with Crippen molar-refractivity contribution in [2.75, 3.05) is 0 Å². The second kappa shape index (κ2) is 3.26.